The predicted octanol–water partition coefficient (Wildman–Crippen LogP) is 13.3. The molecule has 1 heterocycles. The third kappa shape index (κ3) is 5.34. The second-order valence-electron chi connectivity index (χ2n) is 12.6. The van der Waals surface area contributed by atoms with E-state index in [9.17, 15) is 0 Å². The summed E-state index contributed by atoms with van der Waals surface area (Å²) in [5.41, 5.74) is 14.0. The first kappa shape index (κ1) is 29.5. The van der Waals surface area contributed by atoms with Crippen molar-refractivity contribution in [1.82, 2.24) is 4.57 Å². The number of nitrogens with zero attached hydrogens (tertiary/aromatic N) is 2. The van der Waals surface area contributed by atoms with E-state index in [1.165, 1.54) is 55.2 Å². The Kier molecular flexibility index (Phi) is 7.53. The lowest BCUT2D eigenvalue weighted by Gasteiger charge is -2.27. The van der Waals surface area contributed by atoms with Crippen LogP contribution in [0.15, 0.2) is 206 Å². The molecule has 0 aliphatic rings. The summed E-state index contributed by atoms with van der Waals surface area (Å²) in [6, 6.07) is 74.0. The minimum Gasteiger partial charge on any atom is -0.310 e. The Morgan fingerprint density at radius 3 is 1.44 bits per heavy atom. The monoisotopic (exact) mass is 638 g/mol. The number of fused-ring (bicyclic) bond motifs is 3. The molecule has 8 aromatic carbocycles. The smallest absolute Gasteiger partial charge is 0.0562 e. The maximum absolute atomic E-state index is 2.42. The van der Waals surface area contributed by atoms with Gasteiger partial charge in [-0.2, -0.15) is 0 Å². The third-order valence-electron chi connectivity index (χ3n) is 9.59. The topological polar surface area (TPSA) is 8.17 Å². The van der Waals surface area contributed by atoms with Gasteiger partial charge >= 0.3 is 0 Å². The van der Waals surface area contributed by atoms with Crippen molar-refractivity contribution in [2.45, 2.75) is 0 Å². The molecule has 0 spiro atoms. The van der Waals surface area contributed by atoms with Crippen LogP contribution in [0.5, 0.6) is 0 Å². The average Bonchev–Trinajstić information content (AvgIpc) is 3.55. The zero-order chi connectivity index (χ0) is 33.3. The highest BCUT2D eigenvalue weighted by Gasteiger charge is 2.21. The molecule has 0 fully saturated rings. The van der Waals surface area contributed by atoms with Crippen LogP contribution in [0.4, 0.5) is 17.1 Å². The van der Waals surface area contributed by atoms with Crippen molar-refractivity contribution in [2.24, 2.45) is 0 Å². The van der Waals surface area contributed by atoms with Crippen molar-refractivity contribution in [1.29, 1.82) is 0 Å². The second-order valence-corrected chi connectivity index (χ2v) is 12.6. The van der Waals surface area contributed by atoms with Gasteiger partial charge in [-0.1, -0.05) is 152 Å². The number of benzene rings is 8. The zero-order valence-electron chi connectivity index (χ0n) is 27.5. The Morgan fingerprint density at radius 2 is 0.800 bits per heavy atom. The minimum absolute atomic E-state index is 1.10. The summed E-state index contributed by atoms with van der Waals surface area (Å²) in [5.74, 6) is 0. The van der Waals surface area contributed by atoms with Crippen LogP contribution in [0.2, 0.25) is 0 Å². The van der Waals surface area contributed by atoms with E-state index in [1.807, 2.05) is 0 Å². The van der Waals surface area contributed by atoms with E-state index in [2.05, 4.69) is 216 Å². The second kappa shape index (κ2) is 12.8. The van der Waals surface area contributed by atoms with Crippen molar-refractivity contribution in [3.05, 3.63) is 206 Å². The van der Waals surface area contributed by atoms with Gasteiger partial charge < -0.3 is 9.47 Å². The Labute approximate surface area is 292 Å². The number of anilines is 3. The van der Waals surface area contributed by atoms with E-state index < -0.39 is 0 Å². The molecule has 9 aromatic rings. The molecule has 0 bridgehead atoms. The maximum atomic E-state index is 2.42. The molecule has 0 unspecified atom stereocenters. The van der Waals surface area contributed by atoms with E-state index in [1.54, 1.807) is 0 Å². The van der Waals surface area contributed by atoms with Crippen LogP contribution in [0.1, 0.15) is 0 Å². The summed E-state index contributed by atoms with van der Waals surface area (Å²) in [5, 5.41) is 2.43. The highest BCUT2D eigenvalue weighted by atomic mass is 15.1. The summed E-state index contributed by atoms with van der Waals surface area (Å²) < 4.78 is 2.40. The molecular formula is C48H34N2. The van der Waals surface area contributed by atoms with Gasteiger partial charge in [0.25, 0.3) is 0 Å². The fraction of sp³-hybridized carbons (Fsp3) is 0. The van der Waals surface area contributed by atoms with Crippen molar-refractivity contribution >= 4 is 38.9 Å². The van der Waals surface area contributed by atoms with E-state index in [-0.39, 0.29) is 0 Å². The molecule has 0 atom stereocenters. The largest absolute Gasteiger partial charge is 0.310 e. The first-order valence-electron chi connectivity index (χ1n) is 17.1. The van der Waals surface area contributed by atoms with Crippen LogP contribution in [0, 0.1) is 0 Å². The summed E-state index contributed by atoms with van der Waals surface area (Å²) >= 11 is 0. The van der Waals surface area contributed by atoms with Crippen LogP contribution in [0.3, 0.4) is 0 Å². The predicted molar refractivity (Wildman–Crippen MR) is 212 cm³/mol. The highest BCUT2D eigenvalue weighted by Crippen LogP contribution is 2.44. The van der Waals surface area contributed by atoms with Crippen LogP contribution in [0.25, 0.3) is 60.9 Å². The maximum Gasteiger partial charge on any atom is 0.0562 e. The van der Waals surface area contributed by atoms with Gasteiger partial charge in [-0.25, -0.2) is 0 Å². The number of hydrogen-bond donors (Lipinski definition) is 0. The van der Waals surface area contributed by atoms with Crippen LogP contribution in [-0.2, 0) is 0 Å². The van der Waals surface area contributed by atoms with Crippen LogP contribution in [-0.4, -0.2) is 4.57 Å². The first-order valence-corrected chi connectivity index (χ1v) is 17.1. The van der Waals surface area contributed by atoms with E-state index in [4.69, 9.17) is 0 Å². The molecule has 0 amide bonds. The number of rotatable bonds is 7. The highest BCUT2D eigenvalue weighted by molar-refractivity contribution is 6.16. The van der Waals surface area contributed by atoms with E-state index >= 15 is 0 Å². The molecule has 0 N–H and O–H groups in total. The van der Waals surface area contributed by atoms with Gasteiger partial charge in [0.15, 0.2) is 0 Å². The molecule has 0 aliphatic carbocycles. The molecule has 1 aromatic heterocycles. The molecule has 50 heavy (non-hydrogen) atoms. The average molecular weight is 639 g/mol. The van der Waals surface area contributed by atoms with Crippen molar-refractivity contribution in [3.8, 4) is 39.1 Å². The zero-order valence-corrected chi connectivity index (χ0v) is 27.5. The molecule has 0 saturated heterocycles. The Hall–Kier alpha value is -6.64. The van der Waals surface area contributed by atoms with Gasteiger partial charge in [0.2, 0.25) is 0 Å². The fourth-order valence-electron chi connectivity index (χ4n) is 7.21. The van der Waals surface area contributed by atoms with Gasteiger partial charge in [0, 0.05) is 27.8 Å². The van der Waals surface area contributed by atoms with Gasteiger partial charge in [-0.3, -0.25) is 0 Å². The normalized spacial score (nSPS) is 11.2. The summed E-state index contributed by atoms with van der Waals surface area (Å²) in [7, 11) is 0. The fourth-order valence-corrected chi connectivity index (χ4v) is 7.21. The molecule has 9 rings (SSSR count). The molecule has 0 saturated carbocycles. The van der Waals surface area contributed by atoms with Crippen LogP contribution >= 0.6 is 0 Å². The molecule has 0 radical (unpaired) electrons. The van der Waals surface area contributed by atoms with E-state index in [0.29, 0.717) is 0 Å². The first-order chi connectivity index (χ1) is 24.8. The van der Waals surface area contributed by atoms with Gasteiger partial charge in [0.1, 0.15) is 0 Å². The Balaban J connectivity index is 1.25. The van der Waals surface area contributed by atoms with Crippen molar-refractivity contribution < 1.29 is 0 Å². The molecule has 2 heteroatoms. The molecule has 2 nitrogen and oxygen atoms in total. The molecule has 236 valence electrons. The van der Waals surface area contributed by atoms with E-state index in [0.717, 1.165) is 22.7 Å². The SMILES string of the molecule is c1ccc(-c2ccc(N(c3cccc(-c4ccccc4)c3)c3cccc4c3c3ccccc3n4-c3ccc(-c4ccccc4)cc3)cc2)cc1. The van der Waals surface area contributed by atoms with Crippen LogP contribution < -0.4 is 4.90 Å². The molecular weight excluding hydrogens is 605 g/mol. The van der Waals surface area contributed by atoms with Crippen molar-refractivity contribution in [2.75, 3.05) is 4.90 Å². The Bertz CT molecular complexity index is 2550. The lowest BCUT2D eigenvalue weighted by atomic mass is 10.0. The Morgan fingerprint density at radius 1 is 0.320 bits per heavy atom. The lowest BCUT2D eigenvalue weighted by molar-refractivity contribution is 1.18. The molecule has 0 aliphatic heterocycles. The number of hydrogen-bond acceptors (Lipinski definition) is 1. The summed E-state index contributed by atoms with van der Waals surface area (Å²) in [6.45, 7) is 0. The third-order valence-corrected chi connectivity index (χ3v) is 9.59. The quantitative estimate of drug-likeness (QED) is 0.169. The standard InChI is InChI=1S/C48H34N2/c1-4-14-35(15-5-1)38-26-30-41(31-27-38)49(43-21-12-20-40(34-43)37-18-8-3-9-19-37)46-24-13-25-47-48(46)44-22-10-11-23-45(44)50(47)42-32-28-39(29-33-42)36-16-6-2-7-17-36/h1-34H. The van der Waals surface area contributed by atoms with Gasteiger partial charge in [0.05, 0.1) is 16.7 Å². The lowest BCUT2D eigenvalue weighted by Crippen LogP contribution is -2.10. The minimum atomic E-state index is 1.10. The van der Waals surface area contributed by atoms with Gasteiger partial charge in [-0.15, -0.1) is 0 Å². The van der Waals surface area contributed by atoms with Gasteiger partial charge in [-0.05, 0) is 88.0 Å². The summed E-state index contributed by atoms with van der Waals surface area (Å²) in [6.07, 6.45) is 0. The van der Waals surface area contributed by atoms with Crippen molar-refractivity contribution in [3.63, 3.8) is 0 Å². The number of aromatic nitrogens is 1. The summed E-state index contributed by atoms with van der Waals surface area (Å²) in [4.78, 5) is 2.42. The number of para-hydroxylation sites is 1.